The van der Waals surface area contributed by atoms with Gasteiger partial charge in [0.2, 0.25) is 0 Å². The molecule has 2 aliphatic rings. The summed E-state index contributed by atoms with van der Waals surface area (Å²) in [5.74, 6) is 2.04. The summed E-state index contributed by atoms with van der Waals surface area (Å²) in [6.45, 7) is 5.38. The number of carbonyl (C=O) groups is 1. The minimum absolute atomic E-state index is 0.0784. The van der Waals surface area contributed by atoms with E-state index in [1.54, 1.807) is 0 Å². The van der Waals surface area contributed by atoms with Gasteiger partial charge in [0, 0.05) is 18.7 Å². The first kappa shape index (κ1) is 16.3. The van der Waals surface area contributed by atoms with E-state index in [4.69, 9.17) is 0 Å². The molecule has 1 amide bonds. The van der Waals surface area contributed by atoms with Crippen LogP contribution in [0.2, 0.25) is 0 Å². The SMILES string of the molecule is O=C(c1ccccc1)N1CCCn2c(CN3CCCCC3)nnc2C1. The molecule has 1 saturated heterocycles. The molecule has 25 heavy (non-hydrogen) atoms. The van der Waals surface area contributed by atoms with Crippen molar-refractivity contribution in [2.45, 2.75) is 45.3 Å². The fourth-order valence-corrected chi connectivity index (χ4v) is 3.79. The van der Waals surface area contributed by atoms with E-state index in [9.17, 15) is 4.79 Å². The largest absolute Gasteiger partial charge is 0.331 e. The highest BCUT2D eigenvalue weighted by Crippen LogP contribution is 2.18. The molecule has 6 heteroatoms. The lowest BCUT2D eigenvalue weighted by molar-refractivity contribution is 0.0743. The lowest BCUT2D eigenvalue weighted by Gasteiger charge is -2.25. The summed E-state index contributed by atoms with van der Waals surface area (Å²) in [5.41, 5.74) is 0.740. The summed E-state index contributed by atoms with van der Waals surface area (Å²) < 4.78 is 2.23. The van der Waals surface area contributed by atoms with Gasteiger partial charge < -0.3 is 9.47 Å². The molecule has 0 saturated carbocycles. The first-order valence-corrected chi connectivity index (χ1v) is 9.29. The van der Waals surface area contributed by atoms with Crippen molar-refractivity contribution in [1.82, 2.24) is 24.6 Å². The smallest absolute Gasteiger partial charge is 0.254 e. The quantitative estimate of drug-likeness (QED) is 0.861. The Hall–Kier alpha value is -2.21. The number of rotatable bonds is 3. The van der Waals surface area contributed by atoms with Crippen LogP contribution in [-0.2, 0) is 19.6 Å². The van der Waals surface area contributed by atoms with E-state index in [0.717, 1.165) is 56.4 Å². The highest BCUT2D eigenvalue weighted by molar-refractivity contribution is 5.94. The molecule has 1 fully saturated rings. The number of amides is 1. The Morgan fingerprint density at radius 1 is 0.920 bits per heavy atom. The third-order valence-electron chi connectivity index (χ3n) is 5.17. The molecule has 2 aromatic rings. The molecule has 0 unspecified atom stereocenters. The summed E-state index contributed by atoms with van der Waals surface area (Å²) in [4.78, 5) is 17.1. The van der Waals surface area contributed by atoms with Gasteiger partial charge in [-0.2, -0.15) is 0 Å². The molecule has 0 atom stereocenters. The number of benzene rings is 1. The van der Waals surface area contributed by atoms with Crippen LogP contribution >= 0.6 is 0 Å². The van der Waals surface area contributed by atoms with E-state index in [-0.39, 0.29) is 5.91 Å². The molecule has 4 rings (SSSR count). The number of nitrogens with zero attached hydrogens (tertiary/aromatic N) is 5. The molecule has 0 bridgehead atoms. The number of carbonyl (C=O) groups excluding carboxylic acids is 1. The second-order valence-corrected chi connectivity index (χ2v) is 6.97. The summed E-state index contributed by atoms with van der Waals surface area (Å²) in [6.07, 6.45) is 4.84. The van der Waals surface area contributed by atoms with Crippen LogP contribution in [0, 0.1) is 0 Å². The van der Waals surface area contributed by atoms with E-state index < -0.39 is 0 Å². The molecule has 0 aliphatic carbocycles. The van der Waals surface area contributed by atoms with E-state index >= 15 is 0 Å². The number of hydrogen-bond donors (Lipinski definition) is 0. The van der Waals surface area contributed by atoms with Gasteiger partial charge in [0.05, 0.1) is 13.1 Å². The summed E-state index contributed by atoms with van der Waals surface area (Å²) in [6, 6.07) is 9.50. The Morgan fingerprint density at radius 3 is 2.52 bits per heavy atom. The Labute approximate surface area is 148 Å². The fraction of sp³-hybridized carbons (Fsp3) is 0.526. The van der Waals surface area contributed by atoms with Crippen LogP contribution in [0.15, 0.2) is 30.3 Å². The van der Waals surface area contributed by atoms with Crippen molar-refractivity contribution in [3.63, 3.8) is 0 Å². The highest BCUT2D eigenvalue weighted by Gasteiger charge is 2.24. The molecular weight excluding hydrogens is 314 g/mol. The normalized spacial score (nSPS) is 18.6. The second-order valence-electron chi connectivity index (χ2n) is 6.97. The lowest BCUT2D eigenvalue weighted by atomic mass is 10.1. The lowest BCUT2D eigenvalue weighted by Crippen LogP contribution is -2.31. The van der Waals surface area contributed by atoms with Gasteiger partial charge in [-0.3, -0.25) is 9.69 Å². The highest BCUT2D eigenvalue weighted by atomic mass is 16.2. The zero-order valence-electron chi connectivity index (χ0n) is 14.6. The van der Waals surface area contributed by atoms with Gasteiger partial charge in [-0.15, -0.1) is 10.2 Å². The van der Waals surface area contributed by atoms with Gasteiger partial charge in [-0.25, -0.2) is 0 Å². The minimum atomic E-state index is 0.0784. The predicted octanol–water partition coefficient (Wildman–Crippen LogP) is 2.31. The number of hydrogen-bond acceptors (Lipinski definition) is 4. The van der Waals surface area contributed by atoms with E-state index in [1.807, 2.05) is 35.2 Å². The molecule has 132 valence electrons. The fourth-order valence-electron chi connectivity index (χ4n) is 3.79. The maximum Gasteiger partial charge on any atom is 0.254 e. The molecule has 0 spiro atoms. The van der Waals surface area contributed by atoms with E-state index in [1.165, 1.54) is 19.3 Å². The van der Waals surface area contributed by atoms with Crippen molar-refractivity contribution in [2.24, 2.45) is 0 Å². The Morgan fingerprint density at radius 2 is 1.72 bits per heavy atom. The van der Waals surface area contributed by atoms with Crippen molar-refractivity contribution in [1.29, 1.82) is 0 Å². The van der Waals surface area contributed by atoms with Crippen molar-refractivity contribution in [2.75, 3.05) is 19.6 Å². The van der Waals surface area contributed by atoms with Crippen LogP contribution in [0.25, 0.3) is 0 Å². The van der Waals surface area contributed by atoms with Crippen LogP contribution in [-0.4, -0.2) is 50.1 Å². The standard InChI is InChI=1S/C19H25N5O/c25-19(16-8-3-1-4-9-16)23-12-7-13-24-17(20-21-18(24)15-23)14-22-10-5-2-6-11-22/h1,3-4,8-9H,2,5-7,10-15H2. The molecule has 3 heterocycles. The molecule has 0 N–H and O–H groups in total. The zero-order valence-corrected chi connectivity index (χ0v) is 14.6. The van der Waals surface area contributed by atoms with Crippen molar-refractivity contribution >= 4 is 5.91 Å². The Balaban J connectivity index is 1.49. The minimum Gasteiger partial charge on any atom is -0.331 e. The first-order valence-electron chi connectivity index (χ1n) is 9.29. The van der Waals surface area contributed by atoms with Gasteiger partial charge in [-0.05, 0) is 44.5 Å². The average Bonchev–Trinajstić information content (AvgIpc) is 2.90. The Bertz CT molecular complexity index is 721. The van der Waals surface area contributed by atoms with Crippen LogP contribution < -0.4 is 0 Å². The first-order chi connectivity index (χ1) is 12.3. The predicted molar refractivity (Wildman–Crippen MR) is 94.9 cm³/mol. The molecule has 1 aromatic heterocycles. The maximum absolute atomic E-state index is 12.7. The van der Waals surface area contributed by atoms with Crippen LogP contribution in [0.3, 0.4) is 0 Å². The Kier molecular flexibility index (Phi) is 4.78. The van der Waals surface area contributed by atoms with Crippen molar-refractivity contribution < 1.29 is 4.79 Å². The topological polar surface area (TPSA) is 54.3 Å². The second kappa shape index (κ2) is 7.35. The number of aromatic nitrogens is 3. The number of likely N-dealkylation sites (tertiary alicyclic amines) is 1. The summed E-state index contributed by atoms with van der Waals surface area (Å²) in [5, 5.41) is 8.83. The molecule has 1 aromatic carbocycles. The van der Waals surface area contributed by atoms with Crippen LogP contribution in [0.1, 0.15) is 47.7 Å². The van der Waals surface area contributed by atoms with E-state index in [0.29, 0.717) is 6.54 Å². The maximum atomic E-state index is 12.7. The monoisotopic (exact) mass is 339 g/mol. The average molecular weight is 339 g/mol. The van der Waals surface area contributed by atoms with Gasteiger partial charge in [-0.1, -0.05) is 24.6 Å². The van der Waals surface area contributed by atoms with E-state index in [2.05, 4.69) is 19.7 Å². The van der Waals surface area contributed by atoms with Crippen LogP contribution in [0.4, 0.5) is 0 Å². The van der Waals surface area contributed by atoms with Gasteiger partial charge in [0.15, 0.2) is 5.82 Å². The molecule has 6 nitrogen and oxygen atoms in total. The number of fused-ring (bicyclic) bond motifs is 1. The van der Waals surface area contributed by atoms with Gasteiger partial charge >= 0.3 is 0 Å². The van der Waals surface area contributed by atoms with Gasteiger partial charge in [0.1, 0.15) is 5.82 Å². The molecule has 2 aliphatic heterocycles. The zero-order chi connectivity index (χ0) is 17.1. The number of piperidine rings is 1. The third-order valence-corrected chi connectivity index (χ3v) is 5.17. The van der Waals surface area contributed by atoms with Crippen molar-refractivity contribution in [3.05, 3.63) is 47.5 Å². The summed E-state index contributed by atoms with van der Waals surface area (Å²) in [7, 11) is 0. The summed E-state index contributed by atoms with van der Waals surface area (Å²) >= 11 is 0. The van der Waals surface area contributed by atoms with Gasteiger partial charge in [0.25, 0.3) is 5.91 Å². The molecule has 0 radical (unpaired) electrons. The molecular formula is C19H25N5O. The van der Waals surface area contributed by atoms with Crippen molar-refractivity contribution in [3.8, 4) is 0 Å². The third kappa shape index (κ3) is 3.58. The van der Waals surface area contributed by atoms with Crippen LogP contribution in [0.5, 0.6) is 0 Å².